The molecule has 2 aromatic rings. The summed E-state index contributed by atoms with van der Waals surface area (Å²) in [5.74, 6) is 1.07. The molecule has 3 rings (SSSR count). The molecule has 1 aromatic carbocycles. The van der Waals surface area contributed by atoms with Gasteiger partial charge in [0.05, 0.1) is 11.1 Å². The van der Waals surface area contributed by atoms with Crippen LogP contribution in [0, 0.1) is 5.92 Å². The minimum Gasteiger partial charge on any atom is -0.475 e. The van der Waals surface area contributed by atoms with Crippen molar-refractivity contribution in [3.63, 3.8) is 0 Å². The summed E-state index contributed by atoms with van der Waals surface area (Å²) in [6.45, 7) is 8.22. The lowest BCUT2D eigenvalue weighted by molar-refractivity contribution is 0.173. The van der Waals surface area contributed by atoms with Gasteiger partial charge in [0.15, 0.2) is 11.3 Å². The maximum absolute atomic E-state index is 12.3. The summed E-state index contributed by atoms with van der Waals surface area (Å²) in [5, 5.41) is 0.749. The topological polar surface area (TPSA) is 42.1 Å². The monoisotopic (exact) mass is 259 g/mol. The number of para-hydroxylation sites is 1. The van der Waals surface area contributed by atoms with Crippen LogP contribution in [0.3, 0.4) is 0 Å². The molecule has 1 unspecified atom stereocenters. The number of ether oxygens (including phenoxy) is 1. The van der Waals surface area contributed by atoms with E-state index in [1.165, 1.54) is 0 Å². The maximum Gasteiger partial charge on any atom is 0.198 e. The van der Waals surface area contributed by atoms with E-state index >= 15 is 0 Å². The van der Waals surface area contributed by atoms with Crippen molar-refractivity contribution in [2.24, 2.45) is 5.92 Å². The smallest absolute Gasteiger partial charge is 0.198 e. The average molecular weight is 259 g/mol. The molecule has 0 spiro atoms. The number of fused-ring (bicyclic) bond motifs is 2. The van der Waals surface area contributed by atoms with Crippen molar-refractivity contribution < 1.29 is 4.74 Å². The second kappa shape index (κ2) is 5.47. The van der Waals surface area contributed by atoms with Gasteiger partial charge in [-0.2, -0.15) is 0 Å². The summed E-state index contributed by atoms with van der Waals surface area (Å²) >= 11 is 0. The Hall–Kier alpha value is -1.77. The lowest BCUT2D eigenvalue weighted by Gasteiger charge is -2.13. The van der Waals surface area contributed by atoms with Crippen LogP contribution >= 0.6 is 0 Å². The molecular formula is C16H21NO2. The molecule has 2 heterocycles. The third-order valence-corrected chi connectivity index (χ3v) is 3.39. The Morgan fingerprint density at radius 2 is 1.95 bits per heavy atom. The molecule has 0 bridgehead atoms. The molecular weight excluding hydrogens is 238 g/mol. The van der Waals surface area contributed by atoms with Crippen LogP contribution in [0.1, 0.15) is 33.3 Å². The zero-order valence-corrected chi connectivity index (χ0v) is 12.0. The van der Waals surface area contributed by atoms with Crippen LogP contribution in [0.2, 0.25) is 0 Å². The normalized spacial score (nSPS) is 16.8. The summed E-state index contributed by atoms with van der Waals surface area (Å²) < 4.78 is 5.80. The number of pyridine rings is 1. The van der Waals surface area contributed by atoms with Crippen LogP contribution in [0.5, 0.6) is 5.88 Å². The van der Waals surface area contributed by atoms with Gasteiger partial charge in [0.25, 0.3) is 0 Å². The number of benzene rings is 1. The third-order valence-electron chi connectivity index (χ3n) is 3.39. The van der Waals surface area contributed by atoms with E-state index in [2.05, 4.69) is 18.8 Å². The fourth-order valence-corrected chi connectivity index (χ4v) is 2.31. The lowest BCUT2D eigenvalue weighted by atomic mass is 10.0. The quantitative estimate of drug-likeness (QED) is 0.851. The zero-order chi connectivity index (χ0) is 14.0. The first-order valence-corrected chi connectivity index (χ1v) is 6.97. The molecule has 102 valence electrons. The van der Waals surface area contributed by atoms with E-state index in [0.29, 0.717) is 18.2 Å². The molecule has 0 aliphatic carbocycles. The minimum absolute atomic E-state index is 0.109. The lowest BCUT2D eigenvalue weighted by Crippen LogP contribution is -2.20. The Kier molecular flexibility index (Phi) is 3.93. The van der Waals surface area contributed by atoms with Crippen molar-refractivity contribution in [2.45, 2.75) is 40.2 Å². The average Bonchev–Trinajstić information content (AvgIpc) is 2.86. The molecule has 1 aliphatic heterocycles. The standard InChI is InChI=1S/C14H15NO2.C2H6/c1-8(2)12-7-10-13(16)9-5-3-4-6-11(9)15-14(10)17-12;1-2/h3-6,8,12H,7H2,1-2H3,(H,15,16);1-2H3. The Labute approximate surface area is 113 Å². The van der Waals surface area contributed by atoms with Gasteiger partial charge >= 0.3 is 0 Å². The largest absolute Gasteiger partial charge is 0.475 e. The first-order chi connectivity index (χ1) is 9.16. The highest BCUT2D eigenvalue weighted by molar-refractivity contribution is 5.80. The van der Waals surface area contributed by atoms with Gasteiger partial charge in [0, 0.05) is 11.8 Å². The van der Waals surface area contributed by atoms with Crippen LogP contribution in [-0.4, -0.2) is 11.1 Å². The second-order valence-electron chi connectivity index (χ2n) is 4.91. The third kappa shape index (κ3) is 2.37. The predicted octanol–water partition coefficient (Wildman–Crippen LogP) is 3.51. The van der Waals surface area contributed by atoms with Crippen molar-refractivity contribution in [2.75, 3.05) is 0 Å². The van der Waals surface area contributed by atoms with Crippen molar-refractivity contribution >= 4 is 10.9 Å². The molecule has 3 nitrogen and oxygen atoms in total. The van der Waals surface area contributed by atoms with Crippen molar-refractivity contribution in [3.05, 3.63) is 40.1 Å². The van der Waals surface area contributed by atoms with Crippen LogP contribution in [-0.2, 0) is 6.42 Å². The van der Waals surface area contributed by atoms with Crippen molar-refractivity contribution in [1.29, 1.82) is 0 Å². The van der Waals surface area contributed by atoms with Gasteiger partial charge in [-0.15, -0.1) is 0 Å². The van der Waals surface area contributed by atoms with Crippen molar-refractivity contribution in [1.82, 2.24) is 4.98 Å². The van der Waals surface area contributed by atoms with Crippen LogP contribution in [0.4, 0.5) is 0 Å². The molecule has 3 heteroatoms. The van der Waals surface area contributed by atoms with Crippen molar-refractivity contribution in [3.8, 4) is 5.88 Å². The van der Waals surface area contributed by atoms with Gasteiger partial charge < -0.3 is 9.72 Å². The maximum atomic E-state index is 12.3. The molecule has 0 amide bonds. The summed E-state index contributed by atoms with van der Waals surface area (Å²) in [6, 6.07) is 7.57. The molecule has 1 atom stereocenters. The Morgan fingerprint density at radius 1 is 1.26 bits per heavy atom. The number of nitrogens with one attached hydrogen (secondary N) is 1. The van der Waals surface area contributed by atoms with Crippen LogP contribution in [0.15, 0.2) is 29.1 Å². The van der Waals surface area contributed by atoms with E-state index < -0.39 is 0 Å². The Morgan fingerprint density at radius 3 is 2.63 bits per heavy atom. The highest BCUT2D eigenvalue weighted by atomic mass is 16.5. The van der Waals surface area contributed by atoms with E-state index in [4.69, 9.17) is 4.74 Å². The molecule has 0 saturated heterocycles. The number of H-pyrrole nitrogens is 1. The molecule has 0 radical (unpaired) electrons. The number of aromatic nitrogens is 1. The molecule has 0 fully saturated rings. The van der Waals surface area contributed by atoms with E-state index in [0.717, 1.165) is 16.5 Å². The van der Waals surface area contributed by atoms with Gasteiger partial charge in [0.2, 0.25) is 0 Å². The van der Waals surface area contributed by atoms with Crippen LogP contribution < -0.4 is 10.2 Å². The number of hydrogen-bond acceptors (Lipinski definition) is 2. The molecule has 1 aromatic heterocycles. The molecule has 19 heavy (non-hydrogen) atoms. The van der Waals surface area contributed by atoms with E-state index in [9.17, 15) is 4.79 Å². The second-order valence-corrected chi connectivity index (χ2v) is 4.91. The first kappa shape index (κ1) is 13.7. The van der Waals surface area contributed by atoms with Crippen LogP contribution in [0.25, 0.3) is 10.9 Å². The Bertz CT molecular complexity index is 628. The molecule has 1 aliphatic rings. The van der Waals surface area contributed by atoms with E-state index in [-0.39, 0.29) is 11.5 Å². The molecule has 0 saturated carbocycles. The SMILES string of the molecule is CC.CC(C)C1Cc2c([nH]c3ccccc3c2=O)O1. The zero-order valence-electron chi connectivity index (χ0n) is 12.0. The van der Waals surface area contributed by atoms with Gasteiger partial charge in [-0.1, -0.05) is 39.8 Å². The van der Waals surface area contributed by atoms with Gasteiger partial charge in [-0.25, -0.2) is 0 Å². The van der Waals surface area contributed by atoms with Gasteiger partial charge in [-0.3, -0.25) is 4.79 Å². The van der Waals surface area contributed by atoms with E-state index in [1.54, 1.807) is 0 Å². The summed E-state index contributed by atoms with van der Waals surface area (Å²) in [5.41, 5.74) is 1.75. The predicted molar refractivity (Wildman–Crippen MR) is 78.9 cm³/mol. The van der Waals surface area contributed by atoms with Gasteiger partial charge in [-0.05, 0) is 18.1 Å². The number of aromatic amines is 1. The molecule has 1 N–H and O–H groups in total. The fourth-order valence-electron chi connectivity index (χ4n) is 2.31. The first-order valence-electron chi connectivity index (χ1n) is 6.97. The summed E-state index contributed by atoms with van der Waals surface area (Å²) in [7, 11) is 0. The number of rotatable bonds is 1. The van der Waals surface area contributed by atoms with E-state index in [1.807, 2.05) is 38.1 Å². The summed E-state index contributed by atoms with van der Waals surface area (Å²) in [4.78, 5) is 15.5. The number of hydrogen-bond donors (Lipinski definition) is 1. The highest BCUT2D eigenvalue weighted by Crippen LogP contribution is 2.29. The summed E-state index contributed by atoms with van der Waals surface area (Å²) in [6.07, 6.45) is 0.832. The highest BCUT2D eigenvalue weighted by Gasteiger charge is 2.28. The minimum atomic E-state index is 0.109. The fraction of sp³-hybridized carbons (Fsp3) is 0.438. The van der Waals surface area contributed by atoms with Gasteiger partial charge in [0.1, 0.15) is 6.10 Å². The Balaban J connectivity index is 0.000000637.